The summed E-state index contributed by atoms with van der Waals surface area (Å²) in [5, 5.41) is 3.47. The van der Waals surface area contributed by atoms with Crippen molar-refractivity contribution < 1.29 is 9.47 Å². The molecule has 1 aromatic carbocycles. The van der Waals surface area contributed by atoms with E-state index in [1.54, 1.807) is 14.2 Å². The Labute approximate surface area is 128 Å². The Morgan fingerprint density at radius 2 is 1.81 bits per heavy atom. The van der Waals surface area contributed by atoms with E-state index in [0.29, 0.717) is 6.04 Å². The van der Waals surface area contributed by atoms with Crippen LogP contribution in [-0.4, -0.2) is 44.8 Å². The van der Waals surface area contributed by atoms with Crippen LogP contribution in [0.1, 0.15) is 31.4 Å². The van der Waals surface area contributed by atoms with E-state index in [4.69, 9.17) is 9.47 Å². The van der Waals surface area contributed by atoms with Gasteiger partial charge in [0.05, 0.1) is 14.2 Å². The van der Waals surface area contributed by atoms with Gasteiger partial charge in [-0.2, -0.15) is 0 Å². The van der Waals surface area contributed by atoms with Crippen molar-refractivity contribution in [3.8, 4) is 11.5 Å². The molecular weight excluding hydrogens is 264 g/mol. The molecule has 4 heteroatoms. The molecule has 0 fully saturated rings. The van der Waals surface area contributed by atoms with Gasteiger partial charge in [0, 0.05) is 19.1 Å². The first kappa shape index (κ1) is 16.1. The number of hydrogen-bond donors (Lipinski definition) is 1. The number of nitrogens with zero attached hydrogens (tertiary/aromatic N) is 1. The van der Waals surface area contributed by atoms with Crippen LogP contribution in [0.2, 0.25) is 0 Å². The Morgan fingerprint density at radius 1 is 1.14 bits per heavy atom. The van der Waals surface area contributed by atoms with Crippen LogP contribution in [-0.2, 0) is 13.0 Å². The number of benzene rings is 1. The van der Waals surface area contributed by atoms with Crippen molar-refractivity contribution in [2.45, 2.75) is 39.3 Å². The third-order valence-electron chi connectivity index (χ3n) is 4.00. The molecule has 0 unspecified atom stereocenters. The van der Waals surface area contributed by atoms with Crippen LogP contribution >= 0.6 is 0 Å². The second-order valence-corrected chi connectivity index (χ2v) is 5.96. The Bertz CT molecular complexity index is 460. The molecule has 4 nitrogen and oxygen atoms in total. The van der Waals surface area contributed by atoms with Gasteiger partial charge < -0.3 is 14.8 Å². The van der Waals surface area contributed by atoms with Crippen LogP contribution in [0.5, 0.6) is 11.5 Å². The summed E-state index contributed by atoms with van der Waals surface area (Å²) in [6.07, 6.45) is 2.29. The largest absolute Gasteiger partial charge is 0.493 e. The first-order valence-electron chi connectivity index (χ1n) is 7.83. The molecule has 1 aliphatic rings. The van der Waals surface area contributed by atoms with Crippen molar-refractivity contribution >= 4 is 0 Å². The molecule has 0 bridgehead atoms. The van der Waals surface area contributed by atoms with Crippen molar-refractivity contribution in [2.24, 2.45) is 0 Å². The summed E-state index contributed by atoms with van der Waals surface area (Å²) in [7, 11) is 3.39. The molecule has 0 saturated carbocycles. The highest BCUT2D eigenvalue weighted by Crippen LogP contribution is 2.33. The molecule has 1 aliphatic heterocycles. The standard InChI is InChI=1S/C17H28N2O2/c1-13(2)18-7-5-8-19-9-6-14-10-16(20-3)17(21-4)11-15(14)12-19/h10-11,13,18H,5-9,12H2,1-4H3. The van der Waals surface area contributed by atoms with Crippen LogP contribution in [0.4, 0.5) is 0 Å². The Morgan fingerprint density at radius 3 is 2.43 bits per heavy atom. The Kier molecular flexibility index (Phi) is 5.88. The number of hydrogen-bond acceptors (Lipinski definition) is 4. The van der Waals surface area contributed by atoms with Gasteiger partial charge in [0.2, 0.25) is 0 Å². The lowest BCUT2D eigenvalue weighted by molar-refractivity contribution is 0.248. The molecule has 21 heavy (non-hydrogen) atoms. The average molecular weight is 292 g/mol. The molecule has 0 spiro atoms. The molecule has 0 atom stereocenters. The summed E-state index contributed by atoms with van der Waals surface area (Å²) in [5.74, 6) is 1.67. The lowest BCUT2D eigenvalue weighted by atomic mass is 9.98. The van der Waals surface area contributed by atoms with Crippen LogP contribution < -0.4 is 14.8 Å². The molecule has 0 aromatic heterocycles. The highest BCUT2D eigenvalue weighted by atomic mass is 16.5. The summed E-state index contributed by atoms with van der Waals surface area (Å²) in [5.41, 5.74) is 2.76. The Balaban J connectivity index is 1.93. The number of fused-ring (bicyclic) bond motifs is 1. The number of ether oxygens (including phenoxy) is 2. The van der Waals surface area contributed by atoms with E-state index in [0.717, 1.165) is 44.1 Å². The minimum Gasteiger partial charge on any atom is -0.493 e. The molecule has 118 valence electrons. The third kappa shape index (κ3) is 4.35. The average Bonchev–Trinajstić information content (AvgIpc) is 2.49. The normalized spacial score (nSPS) is 15.1. The van der Waals surface area contributed by atoms with Crippen molar-refractivity contribution in [1.29, 1.82) is 0 Å². The molecule has 1 N–H and O–H groups in total. The van der Waals surface area contributed by atoms with E-state index >= 15 is 0 Å². The van der Waals surface area contributed by atoms with Gasteiger partial charge in [0.1, 0.15) is 0 Å². The van der Waals surface area contributed by atoms with Gasteiger partial charge in [-0.1, -0.05) is 13.8 Å². The predicted octanol–water partition coefficient (Wildman–Crippen LogP) is 2.45. The van der Waals surface area contributed by atoms with Gasteiger partial charge in [0.25, 0.3) is 0 Å². The van der Waals surface area contributed by atoms with E-state index < -0.39 is 0 Å². The molecule has 0 saturated heterocycles. The fourth-order valence-corrected chi connectivity index (χ4v) is 2.83. The van der Waals surface area contributed by atoms with Crippen molar-refractivity contribution in [3.05, 3.63) is 23.3 Å². The van der Waals surface area contributed by atoms with Crippen LogP contribution in [0.25, 0.3) is 0 Å². The quantitative estimate of drug-likeness (QED) is 0.783. The molecule has 1 aromatic rings. The monoisotopic (exact) mass is 292 g/mol. The second kappa shape index (κ2) is 7.66. The first-order chi connectivity index (χ1) is 10.1. The molecule has 0 amide bonds. The van der Waals surface area contributed by atoms with E-state index in [2.05, 4.69) is 36.2 Å². The minimum atomic E-state index is 0.573. The second-order valence-electron chi connectivity index (χ2n) is 5.96. The fraction of sp³-hybridized carbons (Fsp3) is 0.647. The highest BCUT2D eigenvalue weighted by molar-refractivity contribution is 5.48. The molecule has 0 radical (unpaired) electrons. The third-order valence-corrected chi connectivity index (χ3v) is 4.00. The van der Waals surface area contributed by atoms with Crippen molar-refractivity contribution in [1.82, 2.24) is 10.2 Å². The van der Waals surface area contributed by atoms with E-state index in [1.165, 1.54) is 17.5 Å². The zero-order valence-electron chi connectivity index (χ0n) is 13.7. The van der Waals surface area contributed by atoms with Gasteiger partial charge in [-0.3, -0.25) is 4.90 Å². The van der Waals surface area contributed by atoms with Crippen LogP contribution in [0.15, 0.2) is 12.1 Å². The molecule has 0 aliphatic carbocycles. The lowest BCUT2D eigenvalue weighted by Gasteiger charge is -2.29. The number of rotatable bonds is 7. The minimum absolute atomic E-state index is 0.573. The van der Waals surface area contributed by atoms with E-state index in [-0.39, 0.29) is 0 Å². The maximum atomic E-state index is 5.41. The smallest absolute Gasteiger partial charge is 0.161 e. The van der Waals surface area contributed by atoms with Gasteiger partial charge in [-0.05, 0) is 49.2 Å². The van der Waals surface area contributed by atoms with Gasteiger partial charge in [-0.15, -0.1) is 0 Å². The van der Waals surface area contributed by atoms with Crippen molar-refractivity contribution in [2.75, 3.05) is 33.9 Å². The number of nitrogens with one attached hydrogen (secondary N) is 1. The summed E-state index contributed by atoms with van der Waals surface area (Å²) >= 11 is 0. The zero-order valence-corrected chi connectivity index (χ0v) is 13.7. The topological polar surface area (TPSA) is 33.7 Å². The molecular formula is C17H28N2O2. The highest BCUT2D eigenvalue weighted by Gasteiger charge is 2.18. The van der Waals surface area contributed by atoms with Crippen LogP contribution in [0.3, 0.4) is 0 Å². The maximum absolute atomic E-state index is 5.41. The zero-order chi connectivity index (χ0) is 15.2. The van der Waals surface area contributed by atoms with Crippen molar-refractivity contribution in [3.63, 3.8) is 0 Å². The lowest BCUT2D eigenvalue weighted by Crippen LogP contribution is -2.33. The molecule has 2 rings (SSSR count). The van der Waals surface area contributed by atoms with Gasteiger partial charge >= 0.3 is 0 Å². The summed E-state index contributed by atoms with van der Waals surface area (Å²) in [6, 6.07) is 4.84. The summed E-state index contributed by atoms with van der Waals surface area (Å²) in [4.78, 5) is 2.52. The fourth-order valence-electron chi connectivity index (χ4n) is 2.83. The van der Waals surface area contributed by atoms with Gasteiger partial charge in [0.15, 0.2) is 11.5 Å². The maximum Gasteiger partial charge on any atom is 0.161 e. The summed E-state index contributed by atoms with van der Waals surface area (Å²) < 4.78 is 10.8. The Hall–Kier alpha value is -1.26. The SMILES string of the molecule is COc1cc2c(cc1OC)CN(CCCNC(C)C)CC2. The first-order valence-corrected chi connectivity index (χ1v) is 7.83. The van der Waals surface area contributed by atoms with Gasteiger partial charge in [-0.25, -0.2) is 0 Å². The summed E-state index contributed by atoms with van der Waals surface area (Å²) in [6.45, 7) is 8.76. The van der Waals surface area contributed by atoms with E-state index in [9.17, 15) is 0 Å². The predicted molar refractivity (Wildman–Crippen MR) is 86.3 cm³/mol. The number of methoxy groups -OCH3 is 2. The van der Waals surface area contributed by atoms with Crippen LogP contribution in [0, 0.1) is 0 Å². The van der Waals surface area contributed by atoms with E-state index in [1.807, 2.05) is 0 Å². The molecule has 1 heterocycles.